The number of amides is 2. The number of fused-ring (bicyclic) bond motifs is 1. The van der Waals surface area contributed by atoms with Crippen LogP contribution in [0.1, 0.15) is 68.1 Å². The van der Waals surface area contributed by atoms with Gasteiger partial charge in [0.2, 0.25) is 5.95 Å². The van der Waals surface area contributed by atoms with Crippen LogP contribution in [0.15, 0.2) is 24.4 Å². The number of methoxy groups -OCH3 is 1. The summed E-state index contributed by atoms with van der Waals surface area (Å²) in [6.45, 7) is -0.728. The second-order valence-corrected chi connectivity index (χ2v) is 11.9. The number of aromatic nitrogens is 2. The van der Waals surface area contributed by atoms with Gasteiger partial charge in [-0.15, -0.1) is 0 Å². The smallest absolute Gasteiger partial charge is 0.342 e. The Balaban J connectivity index is 1.36. The maximum Gasteiger partial charge on any atom is 0.342 e. The highest BCUT2D eigenvalue weighted by atomic mass is 19.3. The Morgan fingerprint density at radius 2 is 1.81 bits per heavy atom. The number of ether oxygens (including phenoxy) is 1. The summed E-state index contributed by atoms with van der Waals surface area (Å²) in [6.07, 6.45) is 9.83. The van der Waals surface area contributed by atoms with Crippen molar-refractivity contribution < 1.29 is 23.1 Å². The minimum atomic E-state index is -3.55. The molecule has 2 heterocycles. The molecule has 1 aliphatic heterocycles. The maximum absolute atomic E-state index is 15.0. The molecule has 1 aromatic carbocycles. The third kappa shape index (κ3) is 6.28. The van der Waals surface area contributed by atoms with Gasteiger partial charge < -0.3 is 30.1 Å². The molecule has 0 unspecified atom stereocenters. The highest BCUT2D eigenvalue weighted by Gasteiger charge is 2.48. The number of carbonyl (C=O) groups is 2. The fourth-order valence-electron chi connectivity index (χ4n) is 6.34. The van der Waals surface area contributed by atoms with Crippen molar-refractivity contribution in [3.63, 3.8) is 0 Å². The van der Waals surface area contributed by atoms with E-state index in [-0.39, 0.29) is 29.6 Å². The average Bonchev–Trinajstić information content (AvgIpc) is 3.06. The Hall–Kier alpha value is -3.54. The Morgan fingerprint density at radius 3 is 2.48 bits per heavy atom. The maximum atomic E-state index is 15.0. The number of benzene rings is 1. The van der Waals surface area contributed by atoms with Crippen LogP contribution in [0.2, 0.25) is 0 Å². The molecule has 2 saturated carbocycles. The lowest BCUT2D eigenvalue weighted by Gasteiger charge is -2.35. The summed E-state index contributed by atoms with van der Waals surface area (Å²) in [5, 5.41) is 6.27. The van der Waals surface area contributed by atoms with Crippen molar-refractivity contribution in [1.29, 1.82) is 0 Å². The number of halogens is 2. The third-order valence-electron chi connectivity index (χ3n) is 8.86. The number of hydrogen-bond acceptors (Lipinski definition) is 8. The first-order chi connectivity index (χ1) is 20.1. The standard InChI is InChI=1S/C30H41F2N7O3/c1-37(2)21-13-11-20(12-14-21)34-27(40)19-10-15-23(25(16-19)42-4)35-29-33-17-24-26(36-29)39(22-8-6-5-7-9-22)18-30(31,32)28(41)38(24)3/h10,15-17,20-22H,5-9,11-14,18H2,1-4H3,(H,34,40)(H,33,35,36). The van der Waals surface area contributed by atoms with Gasteiger partial charge in [-0.2, -0.15) is 13.8 Å². The number of alkyl halides is 2. The minimum Gasteiger partial charge on any atom is -0.495 e. The van der Waals surface area contributed by atoms with Crippen LogP contribution in [-0.4, -0.2) is 85.5 Å². The monoisotopic (exact) mass is 585 g/mol. The van der Waals surface area contributed by atoms with Gasteiger partial charge in [-0.25, -0.2) is 4.98 Å². The van der Waals surface area contributed by atoms with Crippen LogP contribution >= 0.6 is 0 Å². The lowest BCUT2D eigenvalue weighted by Crippen LogP contribution is -2.49. The van der Waals surface area contributed by atoms with Crippen molar-refractivity contribution in [2.45, 2.75) is 81.8 Å². The lowest BCUT2D eigenvalue weighted by atomic mass is 9.90. The molecule has 42 heavy (non-hydrogen) atoms. The van der Waals surface area contributed by atoms with Gasteiger partial charge in [0.05, 0.1) is 25.5 Å². The van der Waals surface area contributed by atoms with Crippen LogP contribution in [-0.2, 0) is 4.79 Å². The van der Waals surface area contributed by atoms with E-state index in [1.807, 2.05) is 0 Å². The summed E-state index contributed by atoms with van der Waals surface area (Å²) in [6, 6.07) is 5.62. The zero-order chi connectivity index (χ0) is 30.0. The van der Waals surface area contributed by atoms with E-state index in [1.165, 1.54) is 20.4 Å². The molecule has 12 heteroatoms. The molecule has 1 aromatic heterocycles. The Kier molecular flexibility index (Phi) is 8.81. The van der Waals surface area contributed by atoms with Crippen LogP contribution in [0.25, 0.3) is 0 Å². The number of nitrogens with one attached hydrogen (secondary N) is 2. The lowest BCUT2D eigenvalue weighted by molar-refractivity contribution is -0.140. The zero-order valence-electron chi connectivity index (χ0n) is 24.8. The first-order valence-electron chi connectivity index (χ1n) is 14.8. The number of carbonyl (C=O) groups excluding carboxylic acids is 2. The van der Waals surface area contributed by atoms with E-state index in [1.54, 1.807) is 23.1 Å². The summed E-state index contributed by atoms with van der Waals surface area (Å²) in [5.74, 6) is -4.09. The third-order valence-corrected chi connectivity index (χ3v) is 8.86. The SMILES string of the molecule is COc1cc(C(=O)NC2CCC(N(C)C)CC2)ccc1Nc1ncc2c(n1)N(C1CCCCC1)CC(F)(F)C(=O)N2C. The Bertz CT molecular complexity index is 1290. The molecule has 2 aromatic rings. The number of rotatable bonds is 7. The van der Waals surface area contributed by atoms with Gasteiger partial charge in [0, 0.05) is 30.7 Å². The van der Waals surface area contributed by atoms with Crippen LogP contribution in [0, 0.1) is 0 Å². The van der Waals surface area contributed by atoms with Crippen molar-refractivity contribution in [2.75, 3.05) is 49.9 Å². The Labute approximate surface area is 245 Å². The first-order valence-corrected chi connectivity index (χ1v) is 14.8. The predicted molar refractivity (Wildman–Crippen MR) is 158 cm³/mol. The van der Waals surface area contributed by atoms with Crippen LogP contribution < -0.4 is 25.2 Å². The normalized spacial score (nSPS) is 22.9. The second kappa shape index (κ2) is 12.4. The van der Waals surface area contributed by atoms with Crippen molar-refractivity contribution in [2.24, 2.45) is 0 Å². The van der Waals surface area contributed by atoms with Gasteiger partial charge >= 0.3 is 5.92 Å². The predicted octanol–water partition coefficient (Wildman–Crippen LogP) is 4.58. The molecule has 0 spiro atoms. The fraction of sp³-hybridized carbons (Fsp3) is 0.600. The van der Waals surface area contributed by atoms with Gasteiger partial charge in [-0.1, -0.05) is 19.3 Å². The molecule has 0 radical (unpaired) electrons. The summed E-state index contributed by atoms with van der Waals surface area (Å²) >= 11 is 0. The molecule has 2 N–H and O–H groups in total. The highest BCUT2D eigenvalue weighted by Crippen LogP contribution is 2.39. The Morgan fingerprint density at radius 1 is 1.10 bits per heavy atom. The van der Waals surface area contributed by atoms with E-state index in [0.29, 0.717) is 28.9 Å². The van der Waals surface area contributed by atoms with E-state index in [2.05, 4.69) is 39.6 Å². The van der Waals surface area contributed by atoms with Gasteiger partial charge in [-0.3, -0.25) is 9.59 Å². The van der Waals surface area contributed by atoms with Gasteiger partial charge in [0.1, 0.15) is 11.4 Å². The molecule has 0 bridgehead atoms. The molecule has 2 fully saturated rings. The molecular formula is C30H41F2N7O3. The van der Waals surface area contributed by atoms with Crippen LogP contribution in [0.5, 0.6) is 5.75 Å². The highest BCUT2D eigenvalue weighted by molar-refractivity contribution is 6.02. The van der Waals surface area contributed by atoms with E-state index < -0.39 is 18.4 Å². The number of hydrogen-bond donors (Lipinski definition) is 2. The number of nitrogens with zero attached hydrogens (tertiary/aromatic N) is 5. The second-order valence-electron chi connectivity index (χ2n) is 11.9. The average molecular weight is 586 g/mol. The van der Waals surface area contributed by atoms with Crippen molar-refractivity contribution in [3.8, 4) is 5.75 Å². The van der Waals surface area contributed by atoms with Crippen LogP contribution in [0.3, 0.4) is 0 Å². The van der Waals surface area contributed by atoms with Crippen molar-refractivity contribution >= 4 is 35.0 Å². The first kappa shape index (κ1) is 29.9. The molecule has 5 rings (SSSR count). The minimum absolute atomic E-state index is 0.134. The topological polar surface area (TPSA) is 103 Å². The van der Waals surface area contributed by atoms with Crippen molar-refractivity contribution in [1.82, 2.24) is 20.2 Å². The van der Waals surface area contributed by atoms with E-state index in [0.717, 1.165) is 62.7 Å². The molecule has 228 valence electrons. The zero-order valence-corrected chi connectivity index (χ0v) is 24.8. The molecular weight excluding hydrogens is 544 g/mol. The molecule has 10 nitrogen and oxygen atoms in total. The van der Waals surface area contributed by atoms with Crippen molar-refractivity contribution in [3.05, 3.63) is 30.0 Å². The van der Waals surface area contributed by atoms with Gasteiger partial charge in [0.15, 0.2) is 5.82 Å². The quantitative estimate of drug-likeness (QED) is 0.487. The molecule has 3 aliphatic rings. The van der Waals surface area contributed by atoms with E-state index >= 15 is 0 Å². The molecule has 2 aliphatic carbocycles. The van der Waals surface area contributed by atoms with E-state index in [4.69, 9.17) is 4.74 Å². The summed E-state index contributed by atoms with van der Waals surface area (Å²) in [5.41, 5.74) is 1.24. The molecule has 0 atom stereocenters. The molecule has 2 amide bonds. The summed E-state index contributed by atoms with van der Waals surface area (Å²) in [7, 11) is 7.02. The summed E-state index contributed by atoms with van der Waals surface area (Å²) < 4.78 is 35.5. The van der Waals surface area contributed by atoms with E-state index in [9.17, 15) is 18.4 Å². The molecule has 0 saturated heterocycles. The van der Waals surface area contributed by atoms with Gasteiger partial charge in [-0.05, 0) is 70.8 Å². The summed E-state index contributed by atoms with van der Waals surface area (Å²) in [4.78, 5) is 39.4. The fourth-order valence-corrected chi connectivity index (χ4v) is 6.34. The number of anilines is 4. The van der Waals surface area contributed by atoms with Gasteiger partial charge in [0.25, 0.3) is 11.8 Å². The van der Waals surface area contributed by atoms with Crippen LogP contribution in [0.4, 0.5) is 31.9 Å². The largest absolute Gasteiger partial charge is 0.495 e.